The maximum atomic E-state index is 12.0. The van der Waals surface area contributed by atoms with E-state index < -0.39 is 25.0 Å². The van der Waals surface area contributed by atoms with Gasteiger partial charge in [0.2, 0.25) is 0 Å². The Kier molecular flexibility index (Phi) is 4.84. The summed E-state index contributed by atoms with van der Waals surface area (Å²) in [6.45, 7) is 1.21. The molecule has 0 saturated carbocycles. The van der Waals surface area contributed by atoms with Crippen LogP contribution in [0.15, 0.2) is 18.2 Å². The van der Waals surface area contributed by atoms with E-state index in [1.165, 1.54) is 6.07 Å². The molecular weight excluding hydrogens is 252 g/mol. The summed E-state index contributed by atoms with van der Waals surface area (Å²) in [6, 6.07) is 4.73. The number of amides is 1. The van der Waals surface area contributed by atoms with Crippen molar-refractivity contribution in [1.82, 2.24) is 5.32 Å². The second-order valence-electron chi connectivity index (χ2n) is 3.57. The van der Waals surface area contributed by atoms with Crippen molar-refractivity contribution in [3.8, 4) is 0 Å². The van der Waals surface area contributed by atoms with E-state index in [-0.39, 0.29) is 0 Å². The van der Waals surface area contributed by atoms with Gasteiger partial charge in [0.1, 0.15) is 6.10 Å². The molecule has 0 aromatic heterocycles. The molecule has 2 N–H and O–H groups in total. The van der Waals surface area contributed by atoms with Crippen molar-refractivity contribution in [2.75, 3.05) is 6.54 Å². The Bertz CT molecular complexity index is 412. The molecule has 0 spiro atoms. The van der Waals surface area contributed by atoms with Gasteiger partial charge in [-0.15, -0.1) is 0 Å². The molecule has 3 nitrogen and oxygen atoms in total. The Morgan fingerprint density at radius 3 is 2.76 bits per heavy atom. The largest absolute Gasteiger partial charge is 0.385 e. The normalized spacial score (nSPS) is 12.6. The van der Waals surface area contributed by atoms with Gasteiger partial charge in [-0.05, 0) is 24.6 Å². The molecule has 1 atom stereocenters. The van der Waals surface area contributed by atoms with E-state index in [1.54, 1.807) is 19.1 Å². The number of hydrogen-bond donors (Lipinski definition) is 2. The van der Waals surface area contributed by atoms with Gasteiger partial charge in [-0.25, -0.2) is 8.78 Å². The van der Waals surface area contributed by atoms with Crippen molar-refractivity contribution in [3.63, 3.8) is 0 Å². The van der Waals surface area contributed by atoms with E-state index in [0.29, 0.717) is 16.1 Å². The van der Waals surface area contributed by atoms with Crippen molar-refractivity contribution in [3.05, 3.63) is 34.3 Å². The van der Waals surface area contributed by atoms with Crippen molar-refractivity contribution in [2.45, 2.75) is 19.5 Å². The van der Waals surface area contributed by atoms with Crippen LogP contribution in [-0.2, 0) is 0 Å². The molecule has 1 amide bonds. The lowest BCUT2D eigenvalue weighted by atomic mass is 10.1. The number of aliphatic hydroxyl groups is 1. The van der Waals surface area contributed by atoms with Crippen LogP contribution in [0, 0.1) is 6.92 Å². The molecule has 1 unspecified atom stereocenters. The summed E-state index contributed by atoms with van der Waals surface area (Å²) < 4.78 is 24.0. The SMILES string of the molecule is Cc1ccc(Cl)cc1C(=O)NCC(O)C(F)F. The van der Waals surface area contributed by atoms with Crippen molar-refractivity contribution in [2.24, 2.45) is 0 Å². The Hall–Kier alpha value is -1.20. The van der Waals surface area contributed by atoms with E-state index in [9.17, 15) is 13.6 Å². The van der Waals surface area contributed by atoms with Gasteiger partial charge >= 0.3 is 0 Å². The van der Waals surface area contributed by atoms with Crippen LogP contribution in [0.3, 0.4) is 0 Å². The third-order valence-electron chi connectivity index (χ3n) is 2.21. The van der Waals surface area contributed by atoms with Crippen LogP contribution in [0.25, 0.3) is 0 Å². The van der Waals surface area contributed by atoms with Crippen LogP contribution < -0.4 is 5.32 Å². The van der Waals surface area contributed by atoms with Crippen LogP contribution in [0.4, 0.5) is 8.78 Å². The average Bonchev–Trinajstić information content (AvgIpc) is 2.28. The minimum Gasteiger partial charge on any atom is -0.385 e. The minimum absolute atomic E-state index is 0.305. The zero-order chi connectivity index (χ0) is 13.0. The predicted octanol–water partition coefficient (Wildman–Crippen LogP) is 2.00. The number of carbonyl (C=O) groups is 1. The molecule has 0 aliphatic carbocycles. The fourth-order valence-electron chi connectivity index (χ4n) is 1.22. The maximum Gasteiger partial charge on any atom is 0.265 e. The molecule has 6 heteroatoms. The summed E-state index contributed by atoms with van der Waals surface area (Å²) in [5.74, 6) is -0.537. The number of alkyl halides is 2. The lowest BCUT2D eigenvalue weighted by Gasteiger charge is -2.11. The summed E-state index contributed by atoms with van der Waals surface area (Å²) in [4.78, 5) is 11.6. The monoisotopic (exact) mass is 263 g/mol. The van der Waals surface area contributed by atoms with E-state index >= 15 is 0 Å². The number of nitrogens with one attached hydrogen (secondary N) is 1. The second-order valence-corrected chi connectivity index (χ2v) is 4.01. The zero-order valence-corrected chi connectivity index (χ0v) is 9.84. The lowest BCUT2D eigenvalue weighted by Crippen LogP contribution is -2.36. The molecule has 0 fully saturated rings. The number of halogens is 3. The molecular formula is C11H12ClF2NO2. The van der Waals surface area contributed by atoms with Gasteiger partial charge in [0.15, 0.2) is 0 Å². The molecule has 0 heterocycles. The highest BCUT2D eigenvalue weighted by atomic mass is 35.5. The molecule has 1 rings (SSSR count). The van der Waals surface area contributed by atoms with Crippen LogP contribution in [-0.4, -0.2) is 30.1 Å². The number of hydrogen-bond acceptors (Lipinski definition) is 2. The van der Waals surface area contributed by atoms with E-state index in [2.05, 4.69) is 5.32 Å². The third kappa shape index (κ3) is 3.94. The van der Waals surface area contributed by atoms with Crippen LogP contribution in [0.2, 0.25) is 5.02 Å². The number of aryl methyl sites for hydroxylation is 1. The standard InChI is InChI=1S/C11H12ClF2NO2/c1-6-2-3-7(12)4-8(6)11(17)15-5-9(16)10(13)14/h2-4,9-10,16H,5H2,1H3,(H,15,17). The smallest absolute Gasteiger partial charge is 0.265 e. The van der Waals surface area contributed by atoms with Crippen molar-refractivity contribution < 1.29 is 18.7 Å². The number of rotatable bonds is 4. The van der Waals surface area contributed by atoms with Gasteiger partial charge in [-0.2, -0.15) is 0 Å². The first-order valence-corrected chi connectivity index (χ1v) is 5.30. The minimum atomic E-state index is -2.88. The van der Waals surface area contributed by atoms with Gasteiger partial charge < -0.3 is 10.4 Å². The Balaban J connectivity index is 2.67. The Morgan fingerprint density at radius 1 is 1.53 bits per heavy atom. The van der Waals surface area contributed by atoms with E-state index in [4.69, 9.17) is 16.7 Å². The lowest BCUT2D eigenvalue weighted by molar-refractivity contribution is -0.00270. The first-order chi connectivity index (χ1) is 7.91. The topological polar surface area (TPSA) is 49.3 Å². The maximum absolute atomic E-state index is 12.0. The van der Waals surface area contributed by atoms with Gasteiger partial charge in [0.25, 0.3) is 12.3 Å². The van der Waals surface area contributed by atoms with E-state index in [0.717, 1.165) is 0 Å². The zero-order valence-electron chi connectivity index (χ0n) is 9.08. The number of aliphatic hydroxyl groups excluding tert-OH is 1. The molecule has 0 saturated heterocycles. The second kappa shape index (κ2) is 5.93. The molecule has 0 bridgehead atoms. The highest BCUT2D eigenvalue weighted by Crippen LogP contribution is 2.15. The Labute approximate surface area is 102 Å². The van der Waals surface area contributed by atoms with Gasteiger partial charge in [0.05, 0.1) is 0 Å². The van der Waals surface area contributed by atoms with Crippen LogP contribution in [0.5, 0.6) is 0 Å². The Morgan fingerprint density at radius 2 is 2.18 bits per heavy atom. The van der Waals surface area contributed by atoms with Crippen molar-refractivity contribution in [1.29, 1.82) is 0 Å². The molecule has 1 aromatic carbocycles. The number of benzene rings is 1. The summed E-state index contributed by atoms with van der Waals surface area (Å²) >= 11 is 5.72. The fraction of sp³-hybridized carbons (Fsp3) is 0.364. The molecule has 0 radical (unpaired) electrons. The predicted molar refractivity (Wildman–Crippen MR) is 60.5 cm³/mol. The first-order valence-electron chi connectivity index (χ1n) is 4.92. The quantitative estimate of drug-likeness (QED) is 0.873. The summed E-state index contributed by atoms with van der Waals surface area (Å²) in [7, 11) is 0. The van der Waals surface area contributed by atoms with Gasteiger partial charge in [0, 0.05) is 17.1 Å². The molecule has 0 aliphatic rings. The molecule has 0 aliphatic heterocycles. The summed E-state index contributed by atoms with van der Waals surface area (Å²) in [6.07, 6.45) is -4.74. The molecule has 1 aromatic rings. The summed E-state index contributed by atoms with van der Waals surface area (Å²) in [5.41, 5.74) is 0.984. The third-order valence-corrected chi connectivity index (χ3v) is 2.44. The average molecular weight is 264 g/mol. The van der Waals surface area contributed by atoms with Crippen LogP contribution >= 0.6 is 11.6 Å². The number of carbonyl (C=O) groups excluding carboxylic acids is 1. The summed E-state index contributed by atoms with van der Waals surface area (Å²) in [5, 5.41) is 11.5. The highest BCUT2D eigenvalue weighted by molar-refractivity contribution is 6.31. The van der Waals surface area contributed by atoms with Crippen molar-refractivity contribution >= 4 is 17.5 Å². The molecule has 17 heavy (non-hydrogen) atoms. The van der Waals surface area contributed by atoms with Gasteiger partial charge in [-0.1, -0.05) is 17.7 Å². The van der Waals surface area contributed by atoms with Crippen LogP contribution in [0.1, 0.15) is 15.9 Å². The molecule has 94 valence electrons. The first kappa shape index (κ1) is 13.9. The highest BCUT2D eigenvalue weighted by Gasteiger charge is 2.18. The van der Waals surface area contributed by atoms with Gasteiger partial charge in [-0.3, -0.25) is 4.79 Å². The fourth-order valence-corrected chi connectivity index (χ4v) is 1.39. The van der Waals surface area contributed by atoms with E-state index in [1.807, 2.05) is 0 Å².